The van der Waals surface area contributed by atoms with E-state index in [1.807, 2.05) is 12.1 Å². The van der Waals surface area contributed by atoms with Crippen molar-refractivity contribution in [1.29, 1.82) is 0 Å². The van der Waals surface area contributed by atoms with Crippen LogP contribution in [0.4, 0.5) is 10.1 Å². The van der Waals surface area contributed by atoms with Crippen molar-refractivity contribution in [3.8, 4) is 0 Å². The van der Waals surface area contributed by atoms with Gasteiger partial charge in [-0.1, -0.05) is 38.8 Å². The van der Waals surface area contributed by atoms with Gasteiger partial charge in [0.2, 0.25) is 0 Å². The lowest BCUT2D eigenvalue weighted by atomic mass is 10.0. The summed E-state index contributed by atoms with van der Waals surface area (Å²) >= 11 is 0. The minimum atomic E-state index is -0.109. The van der Waals surface area contributed by atoms with Crippen LogP contribution in [0.2, 0.25) is 0 Å². The predicted octanol–water partition coefficient (Wildman–Crippen LogP) is 4.90. The Morgan fingerprint density at radius 3 is 2.43 bits per heavy atom. The lowest BCUT2D eigenvalue weighted by Crippen LogP contribution is -2.34. The van der Waals surface area contributed by atoms with E-state index in [0.29, 0.717) is 6.04 Å². The molecule has 1 aromatic carbocycles. The van der Waals surface area contributed by atoms with Crippen LogP contribution in [0.15, 0.2) is 18.2 Å². The SMILES string of the molecule is CCCCCN(c1c(F)cccc1C(C)NCC)C(C)C. The van der Waals surface area contributed by atoms with Gasteiger partial charge in [-0.3, -0.25) is 0 Å². The fourth-order valence-electron chi connectivity index (χ4n) is 2.76. The molecule has 0 spiro atoms. The second-order valence-corrected chi connectivity index (χ2v) is 5.95. The third kappa shape index (κ3) is 4.99. The van der Waals surface area contributed by atoms with Gasteiger partial charge >= 0.3 is 0 Å². The van der Waals surface area contributed by atoms with Gasteiger partial charge in [0.25, 0.3) is 0 Å². The lowest BCUT2D eigenvalue weighted by molar-refractivity contribution is 0.557. The summed E-state index contributed by atoms with van der Waals surface area (Å²) in [5, 5.41) is 3.40. The number of unbranched alkanes of at least 4 members (excludes halogenated alkanes) is 2. The molecule has 1 atom stereocenters. The number of benzene rings is 1. The van der Waals surface area contributed by atoms with Crippen molar-refractivity contribution in [2.75, 3.05) is 18.0 Å². The maximum Gasteiger partial charge on any atom is 0.146 e. The summed E-state index contributed by atoms with van der Waals surface area (Å²) < 4.78 is 14.5. The second-order valence-electron chi connectivity index (χ2n) is 5.95. The van der Waals surface area contributed by atoms with Crippen LogP contribution in [0.3, 0.4) is 0 Å². The molecule has 2 nitrogen and oxygen atoms in total. The summed E-state index contributed by atoms with van der Waals surface area (Å²) in [6.45, 7) is 12.5. The normalized spacial score (nSPS) is 12.7. The molecule has 3 heteroatoms. The fraction of sp³-hybridized carbons (Fsp3) is 0.667. The molecule has 0 bridgehead atoms. The highest BCUT2D eigenvalue weighted by atomic mass is 19.1. The minimum absolute atomic E-state index is 0.109. The highest BCUT2D eigenvalue weighted by Gasteiger charge is 2.21. The van der Waals surface area contributed by atoms with E-state index in [9.17, 15) is 4.39 Å². The molecule has 0 heterocycles. The van der Waals surface area contributed by atoms with Crippen molar-refractivity contribution in [2.24, 2.45) is 0 Å². The Morgan fingerprint density at radius 2 is 1.86 bits per heavy atom. The molecule has 1 rings (SSSR count). The summed E-state index contributed by atoms with van der Waals surface area (Å²) in [5.74, 6) is -0.109. The summed E-state index contributed by atoms with van der Waals surface area (Å²) in [5.41, 5.74) is 1.83. The summed E-state index contributed by atoms with van der Waals surface area (Å²) in [7, 11) is 0. The molecule has 1 aromatic rings. The predicted molar refractivity (Wildman–Crippen MR) is 90.5 cm³/mol. The van der Waals surface area contributed by atoms with Crippen molar-refractivity contribution in [1.82, 2.24) is 5.32 Å². The van der Waals surface area contributed by atoms with Gasteiger partial charge in [-0.05, 0) is 45.4 Å². The number of rotatable bonds is 9. The highest BCUT2D eigenvalue weighted by Crippen LogP contribution is 2.31. The first-order chi connectivity index (χ1) is 10.0. The van der Waals surface area contributed by atoms with Gasteiger partial charge in [-0.15, -0.1) is 0 Å². The van der Waals surface area contributed by atoms with Crippen LogP contribution >= 0.6 is 0 Å². The summed E-state index contributed by atoms with van der Waals surface area (Å²) in [6.07, 6.45) is 3.48. The third-order valence-electron chi connectivity index (χ3n) is 3.91. The smallest absolute Gasteiger partial charge is 0.146 e. The van der Waals surface area contributed by atoms with Gasteiger partial charge in [-0.2, -0.15) is 0 Å². The topological polar surface area (TPSA) is 15.3 Å². The Kier molecular flexibility index (Phi) is 7.73. The van der Waals surface area contributed by atoms with Crippen LogP contribution < -0.4 is 10.2 Å². The van der Waals surface area contributed by atoms with E-state index in [4.69, 9.17) is 0 Å². The largest absolute Gasteiger partial charge is 0.366 e. The Labute approximate surface area is 129 Å². The van der Waals surface area contributed by atoms with Crippen molar-refractivity contribution >= 4 is 5.69 Å². The maximum atomic E-state index is 14.5. The fourth-order valence-corrected chi connectivity index (χ4v) is 2.76. The number of nitrogens with one attached hydrogen (secondary N) is 1. The Bertz CT molecular complexity index is 418. The first kappa shape index (κ1) is 18.0. The van der Waals surface area contributed by atoms with E-state index >= 15 is 0 Å². The molecule has 1 N–H and O–H groups in total. The van der Waals surface area contributed by atoms with Gasteiger partial charge in [0.05, 0.1) is 5.69 Å². The first-order valence-corrected chi connectivity index (χ1v) is 8.31. The molecule has 0 saturated heterocycles. The van der Waals surface area contributed by atoms with E-state index in [-0.39, 0.29) is 11.9 Å². The van der Waals surface area contributed by atoms with Crippen LogP contribution in [0.5, 0.6) is 0 Å². The van der Waals surface area contributed by atoms with E-state index in [1.54, 1.807) is 6.07 Å². The molecular formula is C18H31FN2. The van der Waals surface area contributed by atoms with Gasteiger partial charge in [0.15, 0.2) is 0 Å². The zero-order chi connectivity index (χ0) is 15.8. The first-order valence-electron chi connectivity index (χ1n) is 8.31. The quantitative estimate of drug-likeness (QED) is 0.652. The second kappa shape index (κ2) is 9.04. The average Bonchev–Trinajstić information content (AvgIpc) is 2.44. The number of para-hydroxylation sites is 1. The van der Waals surface area contributed by atoms with Crippen LogP contribution in [0.25, 0.3) is 0 Å². The number of anilines is 1. The van der Waals surface area contributed by atoms with Crippen molar-refractivity contribution < 1.29 is 4.39 Å². The van der Waals surface area contributed by atoms with E-state index in [0.717, 1.165) is 30.8 Å². The molecule has 0 saturated carbocycles. The lowest BCUT2D eigenvalue weighted by Gasteiger charge is -2.33. The molecular weight excluding hydrogens is 263 g/mol. The van der Waals surface area contributed by atoms with Crippen LogP contribution in [-0.4, -0.2) is 19.1 Å². The molecule has 0 fully saturated rings. The number of hydrogen-bond acceptors (Lipinski definition) is 2. The molecule has 1 unspecified atom stereocenters. The van der Waals surface area contributed by atoms with Crippen molar-refractivity contribution in [3.05, 3.63) is 29.6 Å². The average molecular weight is 294 g/mol. The number of nitrogens with zero attached hydrogens (tertiary/aromatic N) is 1. The van der Waals surface area contributed by atoms with Crippen LogP contribution in [0.1, 0.15) is 65.5 Å². The molecule has 0 aliphatic carbocycles. The zero-order valence-corrected chi connectivity index (χ0v) is 14.2. The molecule has 0 radical (unpaired) electrons. The van der Waals surface area contributed by atoms with Crippen LogP contribution in [-0.2, 0) is 0 Å². The van der Waals surface area contributed by atoms with E-state index < -0.39 is 0 Å². The number of halogens is 1. The molecule has 21 heavy (non-hydrogen) atoms. The molecule has 0 amide bonds. The summed E-state index contributed by atoms with van der Waals surface area (Å²) in [4.78, 5) is 2.22. The zero-order valence-electron chi connectivity index (χ0n) is 14.2. The van der Waals surface area contributed by atoms with Gasteiger partial charge < -0.3 is 10.2 Å². The van der Waals surface area contributed by atoms with Gasteiger partial charge in [0, 0.05) is 18.6 Å². The molecule has 0 aliphatic rings. The Morgan fingerprint density at radius 1 is 1.14 bits per heavy atom. The summed E-state index contributed by atoms with van der Waals surface area (Å²) in [6, 6.07) is 5.89. The molecule has 120 valence electrons. The van der Waals surface area contributed by atoms with Crippen molar-refractivity contribution in [2.45, 2.75) is 66.0 Å². The Hall–Kier alpha value is -1.09. The third-order valence-corrected chi connectivity index (χ3v) is 3.91. The molecule has 0 aromatic heterocycles. The molecule has 0 aliphatic heterocycles. The Balaban J connectivity index is 3.10. The van der Waals surface area contributed by atoms with Gasteiger partial charge in [0.1, 0.15) is 5.82 Å². The van der Waals surface area contributed by atoms with Gasteiger partial charge in [-0.25, -0.2) is 4.39 Å². The highest BCUT2D eigenvalue weighted by molar-refractivity contribution is 5.56. The van der Waals surface area contributed by atoms with E-state index in [1.165, 1.54) is 12.8 Å². The van der Waals surface area contributed by atoms with E-state index in [2.05, 4.69) is 44.8 Å². The van der Waals surface area contributed by atoms with Crippen molar-refractivity contribution in [3.63, 3.8) is 0 Å². The minimum Gasteiger partial charge on any atom is -0.366 e. The van der Waals surface area contributed by atoms with Crippen LogP contribution in [0, 0.1) is 5.82 Å². The number of hydrogen-bond donors (Lipinski definition) is 1. The monoisotopic (exact) mass is 294 g/mol. The standard InChI is InChI=1S/C18H31FN2/c1-6-8-9-13-21(14(3)4)18-16(15(5)20-7-2)11-10-12-17(18)19/h10-12,14-15,20H,6-9,13H2,1-5H3. The maximum absolute atomic E-state index is 14.5.